The minimum absolute atomic E-state index is 0.0924. The van der Waals surface area contributed by atoms with Gasteiger partial charge in [-0.3, -0.25) is 4.79 Å². The predicted octanol–water partition coefficient (Wildman–Crippen LogP) is 0.214. The molecule has 0 spiro atoms. The van der Waals surface area contributed by atoms with Gasteiger partial charge in [0.1, 0.15) is 12.9 Å². The maximum Gasteiger partial charge on any atom is 0.327 e. The van der Waals surface area contributed by atoms with Gasteiger partial charge in [0.2, 0.25) is 4.73 Å². The van der Waals surface area contributed by atoms with Crippen molar-refractivity contribution in [2.75, 3.05) is 7.11 Å². The summed E-state index contributed by atoms with van der Waals surface area (Å²) in [7, 11) is 1.33. The maximum absolute atomic E-state index is 10.7. The molecule has 0 aliphatic carbocycles. The zero-order valence-corrected chi connectivity index (χ0v) is 7.41. The van der Waals surface area contributed by atoms with Gasteiger partial charge >= 0.3 is 5.97 Å². The second-order valence-corrected chi connectivity index (χ2v) is 2.50. The van der Waals surface area contributed by atoms with Crippen LogP contribution >= 0.6 is 15.9 Å². The SMILES string of the molecule is COC(=O)Cn1cnc(Br)n1. The summed E-state index contributed by atoms with van der Waals surface area (Å²) >= 11 is 3.05. The summed E-state index contributed by atoms with van der Waals surface area (Å²) in [5, 5.41) is 3.82. The van der Waals surface area contributed by atoms with Gasteiger partial charge in [-0.1, -0.05) is 0 Å². The minimum Gasteiger partial charge on any atom is -0.468 e. The van der Waals surface area contributed by atoms with E-state index >= 15 is 0 Å². The fraction of sp³-hybridized carbons (Fsp3) is 0.400. The molecule has 0 saturated heterocycles. The molecule has 0 aliphatic heterocycles. The standard InChI is InChI=1S/C5H6BrN3O2/c1-11-4(10)2-9-3-7-5(6)8-9/h3H,2H2,1H3. The highest BCUT2D eigenvalue weighted by Gasteiger charge is 2.02. The number of rotatable bonds is 2. The molecule has 0 aromatic carbocycles. The number of aromatic nitrogens is 3. The molecule has 0 saturated carbocycles. The van der Waals surface area contributed by atoms with E-state index in [2.05, 4.69) is 30.7 Å². The van der Waals surface area contributed by atoms with Crippen molar-refractivity contribution in [3.8, 4) is 0 Å². The molecule has 0 fully saturated rings. The van der Waals surface area contributed by atoms with Gasteiger partial charge in [0, 0.05) is 0 Å². The molecule has 0 unspecified atom stereocenters. The third kappa shape index (κ3) is 2.30. The van der Waals surface area contributed by atoms with Gasteiger partial charge in [0.15, 0.2) is 0 Å². The Balaban J connectivity index is 2.57. The fourth-order valence-corrected chi connectivity index (χ4v) is 0.840. The van der Waals surface area contributed by atoms with Crippen molar-refractivity contribution in [3.63, 3.8) is 0 Å². The van der Waals surface area contributed by atoms with E-state index < -0.39 is 0 Å². The highest BCUT2D eigenvalue weighted by Crippen LogP contribution is 1.98. The summed E-state index contributed by atoms with van der Waals surface area (Å²) in [5.74, 6) is -0.345. The van der Waals surface area contributed by atoms with Gasteiger partial charge in [0.05, 0.1) is 7.11 Å². The second-order valence-electron chi connectivity index (χ2n) is 1.79. The van der Waals surface area contributed by atoms with Crippen LogP contribution in [0.4, 0.5) is 0 Å². The van der Waals surface area contributed by atoms with Crippen LogP contribution in [0.1, 0.15) is 0 Å². The number of hydrogen-bond acceptors (Lipinski definition) is 4. The van der Waals surface area contributed by atoms with Crippen LogP contribution in [0.2, 0.25) is 0 Å². The Hall–Kier alpha value is -0.910. The van der Waals surface area contributed by atoms with Crippen LogP contribution in [0.5, 0.6) is 0 Å². The Labute approximate surface area is 71.5 Å². The van der Waals surface area contributed by atoms with E-state index in [0.717, 1.165) is 0 Å². The zero-order chi connectivity index (χ0) is 8.27. The van der Waals surface area contributed by atoms with E-state index in [9.17, 15) is 4.79 Å². The first-order valence-electron chi connectivity index (χ1n) is 2.84. The van der Waals surface area contributed by atoms with Crippen molar-refractivity contribution in [3.05, 3.63) is 11.1 Å². The molecule has 5 nitrogen and oxygen atoms in total. The molecule has 1 rings (SSSR count). The number of hydrogen-bond donors (Lipinski definition) is 0. The van der Waals surface area contributed by atoms with Crippen molar-refractivity contribution in [1.82, 2.24) is 14.8 Å². The Kier molecular flexibility index (Phi) is 2.58. The van der Waals surface area contributed by atoms with Crippen molar-refractivity contribution in [1.29, 1.82) is 0 Å². The van der Waals surface area contributed by atoms with Crippen molar-refractivity contribution < 1.29 is 9.53 Å². The summed E-state index contributed by atoms with van der Waals surface area (Å²) in [6, 6.07) is 0. The number of ether oxygens (including phenoxy) is 1. The van der Waals surface area contributed by atoms with E-state index in [1.807, 2.05) is 0 Å². The molecule has 0 radical (unpaired) electrons. The van der Waals surface area contributed by atoms with E-state index in [-0.39, 0.29) is 12.5 Å². The average Bonchev–Trinajstić information content (AvgIpc) is 2.35. The van der Waals surface area contributed by atoms with Crippen LogP contribution in [0.15, 0.2) is 11.1 Å². The molecule has 1 aromatic rings. The number of nitrogens with zero attached hydrogens (tertiary/aromatic N) is 3. The van der Waals surface area contributed by atoms with Crippen molar-refractivity contribution in [2.45, 2.75) is 6.54 Å². The average molecular weight is 220 g/mol. The molecular weight excluding hydrogens is 214 g/mol. The Morgan fingerprint density at radius 1 is 1.91 bits per heavy atom. The lowest BCUT2D eigenvalue weighted by atomic mass is 10.7. The van der Waals surface area contributed by atoms with Crippen LogP contribution in [0.3, 0.4) is 0 Å². The van der Waals surface area contributed by atoms with E-state index in [4.69, 9.17) is 0 Å². The van der Waals surface area contributed by atoms with Gasteiger partial charge in [0.25, 0.3) is 0 Å². The Morgan fingerprint density at radius 3 is 3.09 bits per heavy atom. The molecule has 60 valence electrons. The molecule has 0 amide bonds. The number of carbonyl (C=O) groups is 1. The smallest absolute Gasteiger partial charge is 0.327 e. The molecule has 0 N–H and O–H groups in total. The third-order valence-corrected chi connectivity index (χ3v) is 1.39. The van der Waals surface area contributed by atoms with Gasteiger partial charge in [-0.05, 0) is 15.9 Å². The van der Waals surface area contributed by atoms with Crippen LogP contribution < -0.4 is 0 Å². The summed E-state index contributed by atoms with van der Waals surface area (Å²) in [4.78, 5) is 14.4. The third-order valence-electron chi connectivity index (χ3n) is 1.03. The minimum atomic E-state index is -0.345. The molecular formula is C5H6BrN3O2. The van der Waals surface area contributed by atoms with Gasteiger partial charge < -0.3 is 4.74 Å². The van der Waals surface area contributed by atoms with Gasteiger partial charge in [-0.25, -0.2) is 9.67 Å². The zero-order valence-electron chi connectivity index (χ0n) is 5.82. The maximum atomic E-state index is 10.7. The molecule has 0 bridgehead atoms. The Morgan fingerprint density at radius 2 is 2.64 bits per heavy atom. The molecule has 6 heteroatoms. The van der Waals surface area contributed by atoms with Crippen LogP contribution in [0, 0.1) is 0 Å². The lowest BCUT2D eigenvalue weighted by Crippen LogP contribution is -2.11. The molecule has 1 aromatic heterocycles. The molecule has 0 aliphatic rings. The first kappa shape index (κ1) is 8.19. The van der Waals surface area contributed by atoms with Crippen LogP contribution in [0.25, 0.3) is 0 Å². The summed E-state index contributed by atoms with van der Waals surface area (Å²) in [6.07, 6.45) is 1.45. The monoisotopic (exact) mass is 219 g/mol. The highest BCUT2D eigenvalue weighted by molar-refractivity contribution is 9.10. The van der Waals surface area contributed by atoms with Gasteiger partial charge in [-0.2, -0.15) is 0 Å². The summed E-state index contributed by atoms with van der Waals surface area (Å²) in [5.41, 5.74) is 0. The lowest BCUT2D eigenvalue weighted by molar-refractivity contribution is -0.141. The largest absolute Gasteiger partial charge is 0.468 e. The predicted molar refractivity (Wildman–Crippen MR) is 39.7 cm³/mol. The number of methoxy groups -OCH3 is 1. The van der Waals surface area contributed by atoms with Crippen LogP contribution in [-0.2, 0) is 16.1 Å². The Bertz CT molecular complexity index is 260. The quantitative estimate of drug-likeness (QED) is 0.668. The normalized spacial score (nSPS) is 9.64. The molecule has 0 atom stereocenters. The topological polar surface area (TPSA) is 57.0 Å². The van der Waals surface area contributed by atoms with Crippen molar-refractivity contribution in [2.24, 2.45) is 0 Å². The molecule has 1 heterocycles. The molecule has 11 heavy (non-hydrogen) atoms. The fourth-order valence-electron chi connectivity index (χ4n) is 0.545. The van der Waals surface area contributed by atoms with Gasteiger partial charge in [-0.15, -0.1) is 5.10 Å². The van der Waals surface area contributed by atoms with Crippen molar-refractivity contribution >= 4 is 21.9 Å². The van der Waals surface area contributed by atoms with Crippen LogP contribution in [-0.4, -0.2) is 27.8 Å². The first-order valence-corrected chi connectivity index (χ1v) is 3.63. The van der Waals surface area contributed by atoms with E-state index in [0.29, 0.717) is 4.73 Å². The highest BCUT2D eigenvalue weighted by atomic mass is 79.9. The summed E-state index contributed by atoms with van der Waals surface area (Å²) < 4.78 is 6.27. The first-order chi connectivity index (χ1) is 5.22. The van der Waals surface area contributed by atoms with E-state index in [1.165, 1.54) is 18.1 Å². The van der Waals surface area contributed by atoms with E-state index in [1.54, 1.807) is 0 Å². The summed E-state index contributed by atoms with van der Waals surface area (Å²) in [6.45, 7) is 0.0924. The lowest BCUT2D eigenvalue weighted by Gasteiger charge is -1.96. The number of carbonyl (C=O) groups excluding carboxylic acids is 1. The number of halogens is 1. The second kappa shape index (κ2) is 3.47. The number of esters is 1.